The van der Waals surface area contributed by atoms with Gasteiger partial charge in [-0.2, -0.15) is 0 Å². The summed E-state index contributed by atoms with van der Waals surface area (Å²) in [7, 11) is 0. The van der Waals surface area contributed by atoms with Crippen LogP contribution in [0.1, 0.15) is 11.4 Å². The van der Waals surface area contributed by atoms with Crippen molar-refractivity contribution < 1.29 is 0 Å². The van der Waals surface area contributed by atoms with Crippen molar-refractivity contribution in [3.8, 4) is 11.4 Å². The Morgan fingerprint density at radius 2 is 1.81 bits per heavy atom. The normalized spacial score (nSPS) is 15.0. The Morgan fingerprint density at radius 1 is 0.963 bits per heavy atom. The fraction of sp³-hybridized carbons (Fsp3) is 0.300. The molecule has 1 saturated heterocycles. The second kappa shape index (κ2) is 6.28. The average Bonchev–Trinajstić information content (AvgIpc) is 3.09. The molecular formula is C20H21N7. The first-order valence-electron chi connectivity index (χ1n) is 9.23. The summed E-state index contributed by atoms with van der Waals surface area (Å²) in [5.74, 6) is 1.02. The topological polar surface area (TPSA) is 71.2 Å². The zero-order valence-corrected chi connectivity index (χ0v) is 15.5. The third-order valence-corrected chi connectivity index (χ3v) is 4.99. The van der Waals surface area contributed by atoms with Crippen LogP contribution in [0.5, 0.6) is 0 Å². The van der Waals surface area contributed by atoms with Gasteiger partial charge in [-0.3, -0.25) is 4.98 Å². The minimum Gasteiger partial charge on any atom is -0.354 e. The summed E-state index contributed by atoms with van der Waals surface area (Å²) < 4.78 is 2.02. The first kappa shape index (κ1) is 16.1. The Kier molecular flexibility index (Phi) is 3.75. The van der Waals surface area contributed by atoms with Gasteiger partial charge in [-0.05, 0) is 32.0 Å². The molecule has 4 aromatic heterocycles. The summed E-state index contributed by atoms with van der Waals surface area (Å²) >= 11 is 0. The lowest BCUT2D eigenvalue weighted by Crippen LogP contribution is -2.43. The Labute approximate surface area is 157 Å². The minimum absolute atomic E-state index is 0.838. The number of imidazole rings is 1. The molecule has 27 heavy (non-hydrogen) atoms. The second-order valence-corrected chi connectivity index (χ2v) is 6.99. The van der Waals surface area contributed by atoms with Gasteiger partial charge in [0.05, 0.1) is 28.8 Å². The molecular weight excluding hydrogens is 338 g/mol. The average molecular weight is 359 g/mol. The van der Waals surface area contributed by atoms with E-state index >= 15 is 0 Å². The number of rotatable bonds is 2. The number of aryl methyl sites for hydroxylation is 2. The minimum atomic E-state index is 0.838. The van der Waals surface area contributed by atoms with Crippen molar-refractivity contribution in [1.29, 1.82) is 0 Å². The van der Waals surface area contributed by atoms with Crippen molar-refractivity contribution in [3.05, 3.63) is 48.2 Å². The number of nitrogens with one attached hydrogen (secondary N) is 1. The number of hydrogen-bond acceptors (Lipinski definition) is 6. The Hall–Kier alpha value is -3.06. The van der Waals surface area contributed by atoms with Crippen molar-refractivity contribution in [2.45, 2.75) is 13.8 Å². The van der Waals surface area contributed by atoms with Gasteiger partial charge in [-0.15, -0.1) is 0 Å². The lowest BCUT2D eigenvalue weighted by molar-refractivity contribution is 0.585. The van der Waals surface area contributed by atoms with Crippen LogP contribution in [0.3, 0.4) is 0 Å². The molecule has 1 fully saturated rings. The molecule has 0 bridgehead atoms. The maximum absolute atomic E-state index is 4.80. The maximum atomic E-state index is 4.80. The molecule has 1 aliphatic rings. The lowest BCUT2D eigenvalue weighted by atomic mass is 10.2. The van der Waals surface area contributed by atoms with Crippen LogP contribution in [0.4, 0.5) is 5.82 Å². The van der Waals surface area contributed by atoms with Gasteiger partial charge in [0.1, 0.15) is 11.5 Å². The highest BCUT2D eigenvalue weighted by Crippen LogP contribution is 2.23. The van der Waals surface area contributed by atoms with E-state index in [9.17, 15) is 0 Å². The van der Waals surface area contributed by atoms with Crippen molar-refractivity contribution in [3.63, 3.8) is 0 Å². The van der Waals surface area contributed by atoms with E-state index in [1.165, 1.54) is 0 Å². The molecule has 136 valence electrons. The molecule has 0 amide bonds. The molecule has 1 aliphatic heterocycles. The molecule has 0 radical (unpaired) electrons. The summed E-state index contributed by atoms with van der Waals surface area (Å²) in [6.07, 6.45) is 5.84. The monoisotopic (exact) mass is 359 g/mol. The molecule has 5 heterocycles. The van der Waals surface area contributed by atoms with Crippen LogP contribution in [0.25, 0.3) is 27.9 Å². The predicted molar refractivity (Wildman–Crippen MR) is 106 cm³/mol. The molecule has 7 nitrogen and oxygen atoms in total. The lowest BCUT2D eigenvalue weighted by Gasteiger charge is -2.28. The Morgan fingerprint density at radius 3 is 2.67 bits per heavy atom. The SMILES string of the molecule is Cc1cn2cc(-c3cc4ccc(N5CCNCC5)nc4cn3)nc(C)c2n1. The smallest absolute Gasteiger partial charge is 0.158 e. The Bertz CT molecular complexity index is 1140. The largest absolute Gasteiger partial charge is 0.354 e. The van der Waals surface area contributed by atoms with Gasteiger partial charge in [0, 0.05) is 44.0 Å². The van der Waals surface area contributed by atoms with Crippen molar-refractivity contribution in [2.75, 3.05) is 31.1 Å². The van der Waals surface area contributed by atoms with Gasteiger partial charge in [-0.25, -0.2) is 15.0 Å². The van der Waals surface area contributed by atoms with Gasteiger partial charge < -0.3 is 14.6 Å². The number of fused-ring (bicyclic) bond motifs is 2. The van der Waals surface area contributed by atoms with Crippen molar-refractivity contribution in [1.82, 2.24) is 29.7 Å². The number of aromatic nitrogens is 5. The molecule has 0 aromatic carbocycles. The van der Waals surface area contributed by atoms with Gasteiger partial charge in [0.2, 0.25) is 0 Å². The van der Waals surface area contributed by atoms with E-state index in [-0.39, 0.29) is 0 Å². The van der Waals surface area contributed by atoms with Crippen molar-refractivity contribution in [2.24, 2.45) is 0 Å². The van der Waals surface area contributed by atoms with E-state index in [0.29, 0.717) is 0 Å². The second-order valence-electron chi connectivity index (χ2n) is 6.99. The van der Waals surface area contributed by atoms with Crippen LogP contribution in [0, 0.1) is 13.8 Å². The molecule has 7 heteroatoms. The molecule has 0 atom stereocenters. The first-order valence-corrected chi connectivity index (χ1v) is 9.23. The molecule has 5 rings (SSSR count). The number of hydrogen-bond donors (Lipinski definition) is 1. The van der Waals surface area contributed by atoms with E-state index in [1.807, 2.05) is 36.8 Å². The van der Waals surface area contributed by atoms with Crippen molar-refractivity contribution >= 4 is 22.4 Å². The van der Waals surface area contributed by atoms with Gasteiger partial charge >= 0.3 is 0 Å². The zero-order chi connectivity index (χ0) is 18.4. The standard InChI is InChI=1S/C20H21N7/c1-13-11-27-12-18(24-14(2)20(27)23-13)16-9-15-3-4-19(25-17(15)10-22-16)26-7-5-21-6-8-26/h3-4,9-12,21H,5-8H2,1-2H3. The Balaban J connectivity index is 1.54. The molecule has 0 unspecified atom stereocenters. The highest BCUT2D eigenvalue weighted by atomic mass is 15.2. The first-order chi connectivity index (χ1) is 13.2. The molecule has 0 saturated carbocycles. The van der Waals surface area contributed by atoms with Crippen LogP contribution in [0.15, 0.2) is 36.8 Å². The van der Waals surface area contributed by atoms with E-state index < -0.39 is 0 Å². The number of pyridine rings is 2. The van der Waals surface area contributed by atoms with Crippen LogP contribution in [-0.2, 0) is 0 Å². The molecule has 1 N–H and O–H groups in total. The number of anilines is 1. The van der Waals surface area contributed by atoms with E-state index in [2.05, 4.69) is 38.4 Å². The summed E-state index contributed by atoms with van der Waals surface area (Å²) in [5.41, 5.74) is 5.36. The summed E-state index contributed by atoms with van der Waals surface area (Å²) in [6, 6.07) is 6.28. The van der Waals surface area contributed by atoms with Crippen LogP contribution in [-0.4, -0.2) is 50.5 Å². The third kappa shape index (κ3) is 2.90. The van der Waals surface area contributed by atoms with Gasteiger partial charge in [0.15, 0.2) is 5.65 Å². The predicted octanol–water partition coefficient (Wildman–Crippen LogP) is 2.37. The number of nitrogens with zero attached hydrogens (tertiary/aromatic N) is 6. The molecule has 0 aliphatic carbocycles. The summed E-state index contributed by atoms with van der Waals surface area (Å²) in [4.78, 5) is 21.0. The van der Waals surface area contributed by atoms with Crippen LogP contribution in [0.2, 0.25) is 0 Å². The summed E-state index contributed by atoms with van der Waals surface area (Å²) in [5, 5.41) is 4.44. The number of piperazine rings is 1. The molecule has 4 aromatic rings. The van der Waals surface area contributed by atoms with Gasteiger partial charge in [0.25, 0.3) is 0 Å². The fourth-order valence-corrected chi connectivity index (χ4v) is 3.62. The fourth-order valence-electron chi connectivity index (χ4n) is 3.62. The van der Waals surface area contributed by atoms with E-state index in [1.54, 1.807) is 0 Å². The van der Waals surface area contributed by atoms with Gasteiger partial charge in [-0.1, -0.05) is 0 Å². The maximum Gasteiger partial charge on any atom is 0.158 e. The van der Waals surface area contributed by atoms with Crippen LogP contribution >= 0.6 is 0 Å². The highest BCUT2D eigenvalue weighted by molar-refractivity contribution is 5.83. The quantitative estimate of drug-likeness (QED) is 0.592. The van der Waals surface area contributed by atoms with E-state index in [0.717, 1.165) is 71.3 Å². The zero-order valence-electron chi connectivity index (χ0n) is 15.5. The van der Waals surface area contributed by atoms with E-state index in [4.69, 9.17) is 9.97 Å². The summed E-state index contributed by atoms with van der Waals surface area (Å²) in [6.45, 7) is 7.93. The highest BCUT2D eigenvalue weighted by Gasteiger charge is 2.13. The third-order valence-electron chi connectivity index (χ3n) is 4.99. The van der Waals surface area contributed by atoms with Crippen LogP contribution < -0.4 is 10.2 Å². The molecule has 0 spiro atoms.